The Kier molecular flexibility index (Phi) is 6.91. The van der Waals surface area contributed by atoms with E-state index in [2.05, 4.69) is 4.74 Å². The Morgan fingerprint density at radius 3 is 2.50 bits per heavy atom. The van der Waals surface area contributed by atoms with Gasteiger partial charge in [0.2, 0.25) is 0 Å². The Balaban J connectivity index is 3.50. The predicted molar refractivity (Wildman–Crippen MR) is 46.0 cm³/mol. The molecule has 12 heavy (non-hydrogen) atoms. The molecular formula is C7H14O4P+. The van der Waals surface area contributed by atoms with E-state index in [1.54, 1.807) is 6.92 Å². The van der Waals surface area contributed by atoms with E-state index in [4.69, 9.17) is 4.74 Å². The number of rotatable bonds is 6. The molecule has 1 unspecified atom stereocenters. The van der Waals surface area contributed by atoms with Crippen molar-refractivity contribution >= 4 is 13.5 Å². The Bertz CT molecular complexity index is 157. The van der Waals surface area contributed by atoms with Gasteiger partial charge in [-0.1, -0.05) is 4.57 Å². The van der Waals surface area contributed by atoms with Crippen LogP contribution in [0.3, 0.4) is 0 Å². The molecule has 0 spiro atoms. The average Bonchev–Trinajstić information content (AvgIpc) is 2.05. The van der Waals surface area contributed by atoms with Crippen molar-refractivity contribution in [2.45, 2.75) is 13.8 Å². The lowest BCUT2D eigenvalue weighted by Gasteiger charge is -1.92. The zero-order valence-electron chi connectivity index (χ0n) is 7.41. The molecule has 0 saturated carbocycles. The van der Waals surface area contributed by atoms with Crippen LogP contribution in [0.4, 0.5) is 4.79 Å². The normalized spacial score (nSPS) is 11.0. The predicted octanol–water partition coefficient (Wildman–Crippen LogP) is 2.01. The van der Waals surface area contributed by atoms with Gasteiger partial charge >= 0.3 is 13.5 Å². The molecule has 0 aliphatic carbocycles. The third kappa shape index (κ3) is 5.22. The van der Waals surface area contributed by atoms with E-state index in [0.29, 0.717) is 13.2 Å². The molecule has 0 aliphatic heterocycles. The number of carbonyl (C=O) groups is 1. The van der Waals surface area contributed by atoms with Crippen LogP contribution in [0.25, 0.3) is 0 Å². The third-order valence-corrected chi connectivity index (χ3v) is 2.24. The molecule has 1 atom stereocenters. The van der Waals surface area contributed by atoms with Crippen molar-refractivity contribution in [3.05, 3.63) is 0 Å². The topological polar surface area (TPSA) is 52.6 Å². The van der Waals surface area contributed by atoms with Gasteiger partial charge in [-0.15, -0.1) is 0 Å². The molecule has 0 N–H and O–H groups in total. The molecule has 0 saturated heterocycles. The van der Waals surface area contributed by atoms with Gasteiger partial charge in [0.25, 0.3) is 0 Å². The monoisotopic (exact) mass is 193 g/mol. The zero-order valence-corrected chi connectivity index (χ0v) is 8.30. The van der Waals surface area contributed by atoms with Crippen molar-refractivity contribution in [2.75, 3.05) is 26.0 Å². The zero-order chi connectivity index (χ0) is 9.40. The van der Waals surface area contributed by atoms with Crippen LogP contribution >= 0.6 is 7.80 Å². The maximum Gasteiger partial charge on any atom is 0.555 e. The van der Waals surface area contributed by atoms with Crippen LogP contribution in [0, 0.1) is 0 Å². The molecule has 0 aromatic carbocycles. The molecule has 0 bridgehead atoms. The standard InChI is InChI=1S/C7H14O4P/c1-3-10-5-6-12(9)7(8)11-4-2/h3-6H2,1-2H3/q+1. The highest BCUT2D eigenvalue weighted by Crippen LogP contribution is 2.22. The summed E-state index contributed by atoms with van der Waals surface area (Å²) in [7, 11) is -1.90. The van der Waals surface area contributed by atoms with Crippen LogP contribution in [-0.4, -0.2) is 31.7 Å². The second kappa shape index (κ2) is 7.19. The smallest absolute Gasteiger partial charge is 0.428 e. The highest BCUT2D eigenvalue weighted by atomic mass is 31.1. The molecule has 0 amide bonds. The molecule has 0 aliphatic rings. The summed E-state index contributed by atoms with van der Waals surface area (Å²) in [6.07, 6.45) is 0.252. The Hall–Kier alpha value is -0.470. The minimum atomic E-state index is -1.90. The summed E-state index contributed by atoms with van der Waals surface area (Å²) in [4.78, 5) is 10.8. The third-order valence-electron chi connectivity index (χ3n) is 1.11. The summed E-state index contributed by atoms with van der Waals surface area (Å²) in [5, 5.41) is 0. The summed E-state index contributed by atoms with van der Waals surface area (Å²) in [5.74, 6) is 0. The SMILES string of the molecule is CCOCC[P+](=O)C(=O)OCC. The van der Waals surface area contributed by atoms with E-state index in [1.165, 1.54) is 0 Å². The first-order valence-electron chi connectivity index (χ1n) is 3.91. The van der Waals surface area contributed by atoms with Crippen molar-refractivity contribution in [2.24, 2.45) is 0 Å². The molecule has 0 radical (unpaired) electrons. The van der Waals surface area contributed by atoms with Gasteiger partial charge in [-0.3, -0.25) is 0 Å². The van der Waals surface area contributed by atoms with E-state index in [1.807, 2.05) is 6.92 Å². The quantitative estimate of drug-likeness (QED) is 0.478. The molecule has 0 aromatic heterocycles. The molecule has 4 nitrogen and oxygen atoms in total. The van der Waals surface area contributed by atoms with Gasteiger partial charge in [-0.05, 0) is 13.8 Å². The first-order chi connectivity index (χ1) is 5.72. The first-order valence-corrected chi connectivity index (χ1v) is 5.36. The maximum absolute atomic E-state index is 11.0. The molecule has 0 heterocycles. The van der Waals surface area contributed by atoms with Crippen LogP contribution in [0.15, 0.2) is 0 Å². The molecule has 0 aromatic rings. The first kappa shape index (κ1) is 11.5. The number of carbonyl (C=O) groups excluding carboxylic acids is 1. The summed E-state index contributed by atoms with van der Waals surface area (Å²) < 4.78 is 20.5. The van der Waals surface area contributed by atoms with Gasteiger partial charge in [0.1, 0.15) is 0 Å². The van der Waals surface area contributed by atoms with E-state index in [0.717, 1.165) is 0 Å². The van der Waals surface area contributed by atoms with E-state index in [9.17, 15) is 9.36 Å². The van der Waals surface area contributed by atoms with Gasteiger partial charge in [0.05, 0.1) is 13.2 Å². The maximum atomic E-state index is 11.0. The fourth-order valence-corrected chi connectivity index (χ4v) is 1.33. The summed E-state index contributed by atoms with van der Waals surface area (Å²) in [5.41, 5.74) is -0.618. The van der Waals surface area contributed by atoms with E-state index < -0.39 is 13.5 Å². The Morgan fingerprint density at radius 2 is 2.00 bits per heavy atom. The molecule has 5 heteroatoms. The van der Waals surface area contributed by atoms with Crippen molar-refractivity contribution in [3.63, 3.8) is 0 Å². The Labute approximate surface area is 73.0 Å². The van der Waals surface area contributed by atoms with Gasteiger partial charge in [0.15, 0.2) is 6.16 Å². The minimum Gasteiger partial charge on any atom is -0.428 e. The van der Waals surface area contributed by atoms with Crippen LogP contribution in [0.5, 0.6) is 0 Å². The second-order valence-corrected chi connectivity index (χ2v) is 3.57. The Morgan fingerprint density at radius 1 is 1.33 bits per heavy atom. The van der Waals surface area contributed by atoms with Gasteiger partial charge in [-0.25, -0.2) is 0 Å². The lowest BCUT2D eigenvalue weighted by molar-refractivity contribution is 0.161. The number of hydrogen-bond donors (Lipinski definition) is 0. The minimum absolute atomic E-state index is 0.252. The van der Waals surface area contributed by atoms with Crippen LogP contribution in [0.2, 0.25) is 0 Å². The highest BCUT2D eigenvalue weighted by Gasteiger charge is 2.29. The van der Waals surface area contributed by atoms with Gasteiger partial charge in [0, 0.05) is 6.61 Å². The van der Waals surface area contributed by atoms with Crippen molar-refractivity contribution < 1.29 is 18.8 Å². The van der Waals surface area contributed by atoms with Crippen LogP contribution in [0.1, 0.15) is 13.8 Å². The molecule has 0 fully saturated rings. The number of ether oxygens (including phenoxy) is 2. The average molecular weight is 193 g/mol. The fourth-order valence-electron chi connectivity index (χ4n) is 0.579. The largest absolute Gasteiger partial charge is 0.555 e. The second-order valence-electron chi connectivity index (χ2n) is 2.00. The lowest BCUT2D eigenvalue weighted by Crippen LogP contribution is -2.02. The molecule has 70 valence electrons. The van der Waals surface area contributed by atoms with E-state index in [-0.39, 0.29) is 12.8 Å². The molecular weight excluding hydrogens is 179 g/mol. The van der Waals surface area contributed by atoms with Crippen LogP contribution in [-0.2, 0) is 14.0 Å². The highest BCUT2D eigenvalue weighted by molar-refractivity contribution is 7.63. The summed E-state index contributed by atoms with van der Waals surface area (Å²) in [6.45, 7) is 4.73. The summed E-state index contributed by atoms with van der Waals surface area (Å²) in [6, 6.07) is 0. The van der Waals surface area contributed by atoms with E-state index >= 15 is 0 Å². The number of hydrogen-bond acceptors (Lipinski definition) is 4. The lowest BCUT2D eigenvalue weighted by atomic mass is 10.8. The van der Waals surface area contributed by atoms with Gasteiger partial charge < -0.3 is 9.47 Å². The summed E-state index contributed by atoms with van der Waals surface area (Å²) >= 11 is 0. The molecule has 0 rings (SSSR count). The fraction of sp³-hybridized carbons (Fsp3) is 0.857. The van der Waals surface area contributed by atoms with Crippen molar-refractivity contribution in [3.8, 4) is 0 Å². The van der Waals surface area contributed by atoms with Crippen molar-refractivity contribution in [1.82, 2.24) is 0 Å². The van der Waals surface area contributed by atoms with Crippen molar-refractivity contribution in [1.29, 1.82) is 0 Å². The van der Waals surface area contributed by atoms with Crippen LogP contribution < -0.4 is 0 Å². The van der Waals surface area contributed by atoms with Gasteiger partial charge in [-0.2, -0.15) is 4.79 Å².